The molecule has 2 aromatic heterocycles. The SMILES string of the molecule is Cc1nc2n(CC3=CC=CCC3)c3ccccc3c(=O)n2c1C. The summed E-state index contributed by atoms with van der Waals surface area (Å²) in [5.74, 6) is 0.735. The van der Waals surface area contributed by atoms with Crippen LogP contribution in [0.5, 0.6) is 0 Å². The van der Waals surface area contributed by atoms with E-state index in [2.05, 4.69) is 27.8 Å². The highest BCUT2D eigenvalue weighted by Crippen LogP contribution is 2.21. The summed E-state index contributed by atoms with van der Waals surface area (Å²) in [6, 6.07) is 7.81. The van der Waals surface area contributed by atoms with Crippen LogP contribution in [0.3, 0.4) is 0 Å². The van der Waals surface area contributed by atoms with Gasteiger partial charge in [-0.3, -0.25) is 4.79 Å². The normalized spacial score (nSPS) is 14.6. The predicted octanol–water partition coefficient (Wildman–Crippen LogP) is 3.54. The van der Waals surface area contributed by atoms with Crippen molar-refractivity contribution in [3.8, 4) is 0 Å². The van der Waals surface area contributed by atoms with Crippen LogP contribution in [0.1, 0.15) is 24.2 Å². The molecule has 0 saturated heterocycles. The van der Waals surface area contributed by atoms with E-state index >= 15 is 0 Å². The van der Waals surface area contributed by atoms with E-state index in [4.69, 9.17) is 0 Å². The number of aromatic nitrogens is 3. The molecule has 4 heteroatoms. The van der Waals surface area contributed by atoms with E-state index in [0.29, 0.717) is 0 Å². The molecule has 1 aliphatic rings. The van der Waals surface area contributed by atoms with E-state index < -0.39 is 0 Å². The summed E-state index contributed by atoms with van der Waals surface area (Å²) in [5.41, 5.74) is 4.15. The number of para-hydroxylation sites is 1. The molecule has 2 heterocycles. The highest BCUT2D eigenvalue weighted by atomic mass is 16.1. The standard InChI is InChI=1S/C19H19N3O/c1-13-14(2)22-18(23)16-10-6-7-11-17(16)21(19(22)20-13)12-15-8-4-3-5-9-15/h3-4,6-8,10-11H,5,9,12H2,1-2H3. The second-order valence-corrected chi connectivity index (χ2v) is 6.12. The van der Waals surface area contributed by atoms with Crippen molar-refractivity contribution in [3.05, 3.63) is 69.8 Å². The Morgan fingerprint density at radius 2 is 2.04 bits per heavy atom. The first-order chi connectivity index (χ1) is 11.2. The van der Waals surface area contributed by atoms with Gasteiger partial charge >= 0.3 is 0 Å². The first-order valence-corrected chi connectivity index (χ1v) is 7.98. The second-order valence-electron chi connectivity index (χ2n) is 6.12. The number of allylic oxidation sites excluding steroid dienone is 4. The molecule has 1 aliphatic carbocycles. The summed E-state index contributed by atoms with van der Waals surface area (Å²) in [4.78, 5) is 17.5. The minimum atomic E-state index is 0.0162. The molecule has 0 bridgehead atoms. The van der Waals surface area contributed by atoms with Crippen molar-refractivity contribution in [2.75, 3.05) is 0 Å². The average molecular weight is 305 g/mol. The molecule has 0 radical (unpaired) electrons. The van der Waals surface area contributed by atoms with Crippen LogP contribution >= 0.6 is 0 Å². The van der Waals surface area contributed by atoms with Gasteiger partial charge in [0.15, 0.2) is 0 Å². The van der Waals surface area contributed by atoms with Crippen LogP contribution in [0.15, 0.2) is 52.9 Å². The molecule has 0 aliphatic heterocycles. The fourth-order valence-electron chi connectivity index (χ4n) is 3.28. The maximum atomic E-state index is 12.9. The monoisotopic (exact) mass is 305 g/mol. The Labute approximate surface area is 134 Å². The zero-order valence-corrected chi connectivity index (χ0v) is 13.4. The zero-order chi connectivity index (χ0) is 16.0. The van der Waals surface area contributed by atoms with Gasteiger partial charge in [-0.15, -0.1) is 0 Å². The van der Waals surface area contributed by atoms with Crippen LogP contribution < -0.4 is 5.56 Å². The fourth-order valence-corrected chi connectivity index (χ4v) is 3.28. The minimum absolute atomic E-state index is 0.0162. The number of hydrogen-bond acceptors (Lipinski definition) is 2. The van der Waals surface area contributed by atoms with Gasteiger partial charge in [0.05, 0.1) is 16.6 Å². The fraction of sp³-hybridized carbons (Fsp3) is 0.263. The van der Waals surface area contributed by atoms with Gasteiger partial charge in [-0.25, -0.2) is 9.38 Å². The van der Waals surface area contributed by atoms with Gasteiger partial charge in [0.25, 0.3) is 5.56 Å². The largest absolute Gasteiger partial charge is 0.307 e. The van der Waals surface area contributed by atoms with Gasteiger partial charge in [-0.05, 0) is 38.8 Å². The van der Waals surface area contributed by atoms with E-state index in [1.54, 1.807) is 4.40 Å². The van der Waals surface area contributed by atoms with Crippen molar-refractivity contribution in [2.24, 2.45) is 0 Å². The molecule has 4 rings (SSSR count). The smallest absolute Gasteiger partial charge is 0.267 e. The molecule has 0 fully saturated rings. The molecule has 0 spiro atoms. The summed E-state index contributed by atoms with van der Waals surface area (Å²) in [7, 11) is 0. The van der Waals surface area contributed by atoms with Gasteiger partial charge in [0.2, 0.25) is 5.78 Å². The lowest BCUT2D eigenvalue weighted by molar-refractivity contribution is 0.753. The Bertz CT molecular complexity index is 1030. The van der Waals surface area contributed by atoms with Crippen molar-refractivity contribution in [2.45, 2.75) is 33.2 Å². The van der Waals surface area contributed by atoms with Crippen LogP contribution in [-0.2, 0) is 6.54 Å². The Hall–Kier alpha value is -2.62. The lowest BCUT2D eigenvalue weighted by atomic mass is 10.1. The lowest BCUT2D eigenvalue weighted by Crippen LogP contribution is -2.20. The molecule has 116 valence electrons. The Kier molecular flexibility index (Phi) is 3.18. The van der Waals surface area contributed by atoms with E-state index in [1.807, 2.05) is 38.1 Å². The zero-order valence-electron chi connectivity index (χ0n) is 13.4. The molecule has 0 N–H and O–H groups in total. The molecular weight excluding hydrogens is 286 g/mol. The summed E-state index contributed by atoms with van der Waals surface area (Å²) >= 11 is 0. The molecule has 4 nitrogen and oxygen atoms in total. The topological polar surface area (TPSA) is 39.3 Å². The van der Waals surface area contributed by atoms with Crippen molar-refractivity contribution >= 4 is 16.7 Å². The number of rotatable bonds is 2. The predicted molar refractivity (Wildman–Crippen MR) is 92.9 cm³/mol. The molecule has 0 saturated carbocycles. The van der Waals surface area contributed by atoms with Crippen molar-refractivity contribution < 1.29 is 0 Å². The number of imidazole rings is 1. The van der Waals surface area contributed by atoms with E-state index in [9.17, 15) is 4.79 Å². The van der Waals surface area contributed by atoms with Gasteiger partial charge < -0.3 is 4.57 Å². The quantitative estimate of drug-likeness (QED) is 0.726. The first-order valence-electron chi connectivity index (χ1n) is 7.98. The minimum Gasteiger partial charge on any atom is -0.307 e. The molecular formula is C19H19N3O. The maximum Gasteiger partial charge on any atom is 0.267 e. The van der Waals surface area contributed by atoms with Crippen molar-refractivity contribution in [1.82, 2.24) is 14.0 Å². The summed E-state index contributed by atoms with van der Waals surface area (Å²) in [6.07, 6.45) is 8.61. The van der Waals surface area contributed by atoms with E-state index in [1.165, 1.54) is 5.57 Å². The summed E-state index contributed by atoms with van der Waals surface area (Å²) in [5, 5.41) is 0.743. The Morgan fingerprint density at radius 3 is 2.83 bits per heavy atom. The van der Waals surface area contributed by atoms with Crippen LogP contribution in [-0.4, -0.2) is 14.0 Å². The number of nitrogens with zero attached hydrogens (tertiary/aromatic N) is 3. The highest BCUT2D eigenvalue weighted by molar-refractivity contribution is 5.80. The summed E-state index contributed by atoms with van der Waals surface area (Å²) in [6.45, 7) is 4.68. The van der Waals surface area contributed by atoms with E-state index in [-0.39, 0.29) is 5.56 Å². The highest BCUT2D eigenvalue weighted by Gasteiger charge is 2.16. The molecule has 3 aromatic rings. The number of benzene rings is 1. The van der Waals surface area contributed by atoms with Crippen LogP contribution in [0.2, 0.25) is 0 Å². The molecule has 0 unspecified atom stereocenters. The molecule has 0 atom stereocenters. The van der Waals surface area contributed by atoms with Crippen molar-refractivity contribution in [1.29, 1.82) is 0 Å². The third kappa shape index (κ3) is 2.13. The molecule has 23 heavy (non-hydrogen) atoms. The van der Waals surface area contributed by atoms with Gasteiger partial charge in [-0.2, -0.15) is 0 Å². The van der Waals surface area contributed by atoms with Gasteiger partial charge in [0, 0.05) is 12.2 Å². The third-order valence-corrected chi connectivity index (χ3v) is 4.66. The molecule has 1 aromatic carbocycles. The van der Waals surface area contributed by atoms with Crippen molar-refractivity contribution in [3.63, 3.8) is 0 Å². The van der Waals surface area contributed by atoms with Crippen LogP contribution in [0, 0.1) is 13.8 Å². The molecule has 0 amide bonds. The number of fused-ring (bicyclic) bond motifs is 2. The van der Waals surface area contributed by atoms with Gasteiger partial charge in [-0.1, -0.05) is 35.9 Å². The Balaban J connectivity index is 2.08. The first kappa shape index (κ1) is 14.0. The number of aryl methyl sites for hydroxylation is 2. The Morgan fingerprint density at radius 1 is 1.22 bits per heavy atom. The summed E-state index contributed by atoms with van der Waals surface area (Å²) < 4.78 is 3.92. The average Bonchev–Trinajstić information content (AvgIpc) is 2.88. The number of hydrogen-bond donors (Lipinski definition) is 0. The second kappa shape index (κ2) is 5.23. The van der Waals surface area contributed by atoms with E-state index in [0.717, 1.165) is 47.5 Å². The third-order valence-electron chi connectivity index (χ3n) is 4.66. The van der Waals surface area contributed by atoms with Crippen LogP contribution in [0.25, 0.3) is 16.7 Å². The maximum absolute atomic E-state index is 12.9. The van der Waals surface area contributed by atoms with Crippen LogP contribution in [0.4, 0.5) is 0 Å². The lowest BCUT2D eigenvalue weighted by Gasteiger charge is -2.16. The van der Waals surface area contributed by atoms with Gasteiger partial charge in [0.1, 0.15) is 0 Å².